The molecule has 1 aliphatic heterocycles. The summed E-state index contributed by atoms with van der Waals surface area (Å²) in [7, 11) is 0. The maximum Gasteiger partial charge on any atom is 0.311 e. The summed E-state index contributed by atoms with van der Waals surface area (Å²) in [6, 6.07) is 4.96. The van der Waals surface area contributed by atoms with E-state index in [9.17, 15) is 9.59 Å². The Morgan fingerprint density at radius 2 is 2.14 bits per heavy atom. The van der Waals surface area contributed by atoms with E-state index in [1.165, 1.54) is 0 Å². The van der Waals surface area contributed by atoms with Gasteiger partial charge in [-0.2, -0.15) is 0 Å². The predicted molar refractivity (Wildman–Crippen MR) is 81.0 cm³/mol. The second kappa shape index (κ2) is 6.48. The summed E-state index contributed by atoms with van der Waals surface area (Å²) >= 11 is 5.95. The van der Waals surface area contributed by atoms with Crippen molar-refractivity contribution in [2.24, 2.45) is 11.8 Å². The molecule has 0 spiro atoms. The first kappa shape index (κ1) is 15.8. The number of fused-ring (bicyclic) bond motifs is 1. The summed E-state index contributed by atoms with van der Waals surface area (Å²) in [6.45, 7) is 6.11. The lowest BCUT2D eigenvalue weighted by atomic mass is 9.95. The molecule has 1 aliphatic rings. The monoisotopic (exact) mass is 309 g/mol. The molecule has 2 rings (SSSR count). The smallest absolute Gasteiger partial charge is 0.311 e. The molecule has 0 aliphatic carbocycles. The molecule has 2 atom stereocenters. The van der Waals surface area contributed by atoms with Crippen LogP contribution in [0.2, 0.25) is 5.02 Å². The van der Waals surface area contributed by atoms with E-state index in [-0.39, 0.29) is 17.8 Å². The van der Waals surface area contributed by atoms with E-state index in [4.69, 9.17) is 16.3 Å². The SMILES string of the molecule is CCC(CC(C)C)C(=O)OC1NC(=O)c2ccc(Cl)cc21. The second-order valence-electron chi connectivity index (χ2n) is 5.76. The van der Waals surface area contributed by atoms with Gasteiger partial charge in [-0.25, -0.2) is 0 Å². The van der Waals surface area contributed by atoms with Crippen LogP contribution in [0.1, 0.15) is 55.8 Å². The maximum absolute atomic E-state index is 12.3. The third kappa shape index (κ3) is 3.56. The quantitative estimate of drug-likeness (QED) is 0.844. The fraction of sp³-hybridized carbons (Fsp3) is 0.500. The molecular weight excluding hydrogens is 290 g/mol. The number of ether oxygens (including phenoxy) is 1. The highest BCUT2D eigenvalue weighted by molar-refractivity contribution is 6.30. The van der Waals surface area contributed by atoms with Crippen molar-refractivity contribution in [3.63, 3.8) is 0 Å². The number of esters is 1. The highest BCUT2D eigenvalue weighted by atomic mass is 35.5. The largest absolute Gasteiger partial charge is 0.437 e. The zero-order valence-electron chi connectivity index (χ0n) is 12.5. The molecule has 0 saturated heterocycles. The Morgan fingerprint density at radius 3 is 2.76 bits per heavy atom. The number of amides is 1. The molecule has 1 aromatic carbocycles. The van der Waals surface area contributed by atoms with Crippen molar-refractivity contribution < 1.29 is 14.3 Å². The number of carbonyl (C=O) groups is 2. The summed E-state index contributed by atoms with van der Waals surface area (Å²) < 4.78 is 5.49. The molecule has 1 amide bonds. The van der Waals surface area contributed by atoms with Crippen LogP contribution in [0.5, 0.6) is 0 Å². The Bertz CT molecular complexity index is 556. The van der Waals surface area contributed by atoms with Gasteiger partial charge in [-0.05, 0) is 37.0 Å². The Hall–Kier alpha value is -1.55. The summed E-state index contributed by atoms with van der Waals surface area (Å²) in [4.78, 5) is 24.1. The zero-order valence-corrected chi connectivity index (χ0v) is 13.2. The van der Waals surface area contributed by atoms with Crippen LogP contribution >= 0.6 is 11.6 Å². The molecule has 1 N–H and O–H groups in total. The Balaban J connectivity index is 2.13. The van der Waals surface area contributed by atoms with E-state index in [1.54, 1.807) is 18.2 Å². The zero-order chi connectivity index (χ0) is 15.6. The Labute approximate surface area is 129 Å². The molecule has 0 radical (unpaired) electrons. The van der Waals surface area contributed by atoms with Crippen LogP contribution in [-0.4, -0.2) is 11.9 Å². The predicted octanol–water partition coefficient (Wildman–Crippen LogP) is 3.70. The number of halogens is 1. The number of hydrogen-bond donors (Lipinski definition) is 1. The standard InChI is InChI=1S/C16H20ClNO3/c1-4-10(7-9(2)3)16(20)21-15-13-8-11(17)5-6-12(13)14(19)18-15/h5-6,8-10,15H,4,7H2,1-3H3,(H,18,19). The minimum atomic E-state index is -0.736. The Morgan fingerprint density at radius 1 is 1.43 bits per heavy atom. The van der Waals surface area contributed by atoms with E-state index >= 15 is 0 Å². The van der Waals surface area contributed by atoms with Crippen molar-refractivity contribution >= 4 is 23.5 Å². The third-order valence-electron chi connectivity index (χ3n) is 3.62. The van der Waals surface area contributed by atoms with Gasteiger partial charge in [0.25, 0.3) is 5.91 Å². The van der Waals surface area contributed by atoms with Gasteiger partial charge in [0.2, 0.25) is 6.23 Å². The minimum Gasteiger partial charge on any atom is -0.437 e. The summed E-state index contributed by atoms with van der Waals surface area (Å²) in [5.41, 5.74) is 1.13. The van der Waals surface area contributed by atoms with Crippen LogP contribution < -0.4 is 5.32 Å². The molecule has 0 saturated carbocycles. The van der Waals surface area contributed by atoms with Crippen molar-refractivity contribution in [1.29, 1.82) is 0 Å². The van der Waals surface area contributed by atoms with E-state index < -0.39 is 6.23 Å². The van der Waals surface area contributed by atoms with Crippen LogP contribution in [0, 0.1) is 11.8 Å². The van der Waals surface area contributed by atoms with Gasteiger partial charge in [0.1, 0.15) is 0 Å². The van der Waals surface area contributed by atoms with E-state index in [2.05, 4.69) is 19.2 Å². The number of nitrogens with one attached hydrogen (secondary N) is 1. The molecule has 2 unspecified atom stereocenters. The molecule has 0 aromatic heterocycles. The Kier molecular flexibility index (Phi) is 4.88. The lowest BCUT2D eigenvalue weighted by Gasteiger charge is -2.19. The molecule has 1 aromatic rings. The van der Waals surface area contributed by atoms with Gasteiger partial charge in [0.15, 0.2) is 0 Å². The van der Waals surface area contributed by atoms with Crippen LogP contribution in [0.3, 0.4) is 0 Å². The number of benzene rings is 1. The first-order chi connectivity index (χ1) is 9.92. The molecule has 5 heteroatoms. The highest BCUT2D eigenvalue weighted by Gasteiger charge is 2.33. The van der Waals surface area contributed by atoms with Crippen molar-refractivity contribution in [1.82, 2.24) is 5.32 Å². The van der Waals surface area contributed by atoms with Gasteiger partial charge in [0, 0.05) is 16.1 Å². The summed E-state index contributed by atoms with van der Waals surface area (Å²) in [5.74, 6) is -0.242. The van der Waals surface area contributed by atoms with Gasteiger partial charge in [-0.15, -0.1) is 0 Å². The molecule has 4 nitrogen and oxygen atoms in total. The van der Waals surface area contributed by atoms with Gasteiger partial charge in [0.05, 0.1) is 5.92 Å². The molecule has 1 heterocycles. The van der Waals surface area contributed by atoms with Crippen LogP contribution in [-0.2, 0) is 9.53 Å². The summed E-state index contributed by atoms with van der Waals surface area (Å²) in [5, 5.41) is 3.18. The fourth-order valence-corrected chi connectivity index (χ4v) is 2.72. The first-order valence-corrected chi connectivity index (χ1v) is 7.61. The maximum atomic E-state index is 12.3. The van der Waals surface area contributed by atoms with Crippen molar-refractivity contribution in [2.45, 2.75) is 39.8 Å². The van der Waals surface area contributed by atoms with Gasteiger partial charge in [-0.1, -0.05) is 32.4 Å². The molecule has 0 bridgehead atoms. The lowest BCUT2D eigenvalue weighted by molar-refractivity contribution is -0.156. The molecule has 0 fully saturated rings. The number of rotatable bonds is 5. The average Bonchev–Trinajstić information content (AvgIpc) is 2.71. The normalized spacial score (nSPS) is 18.3. The van der Waals surface area contributed by atoms with E-state index in [0.717, 1.165) is 12.8 Å². The van der Waals surface area contributed by atoms with Crippen molar-refractivity contribution in [3.8, 4) is 0 Å². The van der Waals surface area contributed by atoms with Crippen molar-refractivity contribution in [3.05, 3.63) is 34.3 Å². The third-order valence-corrected chi connectivity index (χ3v) is 3.85. The number of hydrogen-bond acceptors (Lipinski definition) is 3. The van der Waals surface area contributed by atoms with Crippen molar-refractivity contribution in [2.75, 3.05) is 0 Å². The highest BCUT2D eigenvalue weighted by Crippen LogP contribution is 2.30. The van der Waals surface area contributed by atoms with Crippen LogP contribution in [0.4, 0.5) is 0 Å². The van der Waals surface area contributed by atoms with Crippen LogP contribution in [0.15, 0.2) is 18.2 Å². The average molecular weight is 310 g/mol. The second-order valence-corrected chi connectivity index (χ2v) is 6.19. The first-order valence-electron chi connectivity index (χ1n) is 7.23. The lowest BCUT2D eigenvalue weighted by Crippen LogP contribution is -2.27. The van der Waals surface area contributed by atoms with Gasteiger partial charge < -0.3 is 10.1 Å². The molecular formula is C16H20ClNO3. The van der Waals surface area contributed by atoms with E-state index in [1.807, 2.05) is 6.92 Å². The molecule has 114 valence electrons. The minimum absolute atomic E-state index is 0.148. The summed E-state index contributed by atoms with van der Waals surface area (Å²) in [6.07, 6.45) is 0.762. The van der Waals surface area contributed by atoms with Gasteiger partial charge >= 0.3 is 5.97 Å². The fourth-order valence-electron chi connectivity index (χ4n) is 2.54. The molecule has 21 heavy (non-hydrogen) atoms. The van der Waals surface area contributed by atoms with Crippen LogP contribution in [0.25, 0.3) is 0 Å². The number of carbonyl (C=O) groups excluding carboxylic acids is 2. The van der Waals surface area contributed by atoms with E-state index in [0.29, 0.717) is 22.1 Å². The van der Waals surface area contributed by atoms with Gasteiger partial charge in [-0.3, -0.25) is 9.59 Å². The topological polar surface area (TPSA) is 55.4 Å².